The molecule has 6 nitrogen and oxygen atoms in total. The van der Waals surface area contributed by atoms with E-state index in [1.807, 2.05) is 6.92 Å². The molecule has 25 heavy (non-hydrogen) atoms. The van der Waals surface area contributed by atoms with Crippen LogP contribution in [0.5, 0.6) is 0 Å². The van der Waals surface area contributed by atoms with E-state index in [0.717, 1.165) is 4.90 Å². The number of benzene rings is 1. The highest BCUT2D eigenvalue weighted by Crippen LogP contribution is 2.24. The van der Waals surface area contributed by atoms with Gasteiger partial charge < -0.3 is 5.73 Å². The molecule has 0 fully saturated rings. The summed E-state index contributed by atoms with van der Waals surface area (Å²) < 4.78 is 0. The third-order valence-electron chi connectivity index (χ3n) is 3.88. The predicted octanol–water partition coefficient (Wildman–Crippen LogP) is 2.38. The van der Waals surface area contributed by atoms with Gasteiger partial charge in [0.25, 0.3) is 11.8 Å². The average Bonchev–Trinajstić information content (AvgIpc) is 2.84. The maximum absolute atomic E-state index is 12.0. The molecule has 1 heterocycles. The van der Waals surface area contributed by atoms with Crippen LogP contribution in [-0.4, -0.2) is 40.4 Å². The molecule has 0 bridgehead atoms. The number of imide groups is 1. The molecule has 2 amide bonds. The van der Waals surface area contributed by atoms with Crippen molar-refractivity contribution < 1.29 is 19.2 Å². The van der Waals surface area contributed by atoms with Gasteiger partial charge in [-0.1, -0.05) is 26.0 Å². The van der Waals surface area contributed by atoms with Gasteiger partial charge in [0.2, 0.25) is 0 Å². The van der Waals surface area contributed by atoms with E-state index in [1.54, 1.807) is 45.0 Å². The molecular formula is C18H25ClN2O4. The smallest absolute Gasteiger partial charge is 0.262 e. The van der Waals surface area contributed by atoms with Crippen LogP contribution in [0.3, 0.4) is 0 Å². The third-order valence-corrected chi connectivity index (χ3v) is 3.88. The van der Waals surface area contributed by atoms with Crippen LogP contribution in [0.1, 0.15) is 61.3 Å². The van der Waals surface area contributed by atoms with Gasteiger partial charge in [0.1, 0.15) is 5.78 Å². The lowest BCUT2D eigenvalue weighted by Gasteiger charge is -2.20. The van der Waals surface area contributed by atoms with Crippen LogP contribution in [0.15, 0.2) is 24.3 Å². The normalized spacial score (nSPS) is 14.7. The van der Waals surface area contributed by atoms with Crippen LogP contribution in [0.25, 0.3) is 0 Å². The fraction of sp³-hybridized carbons (Fsp3) is 0.444. The second-order valence-electron chi connectivity index (χ2n) is 5.63. The minimum Gasteiger partial charge on any atom is -0.322 e. The number of rotatable bonds is 5. The van der Waals surface area contributed by atoms with Crippen LogP contribution in [-0.2, 0) is 9.59 Å². The van der Waals surface area contributed by atoms with Crippen molar-refractivity contribution in [3.63, 3.8) is 0 Å². The van der Waals surface area contributed by atoms with Crippen molar-refractivity contribution >= 4 is 35.8 Å². The lowest BCUT2D eigenvalue weighted by molar-refractivity contribution is -0.122. The fourth-order valence-electron chi connectivity index (χ4n) is 2.32. The van der Waals surface area contributed by atoms with E-state index in [0.29, 0.717) is 24.0 Å². The number of halogens is 1. The number of nitrogens with two attached hydrogens (primary N) is 1. The van der Waals surface area contributed by atoms with Gasteiger partial charge in [-0.2, -0.15) is 0 Å². The molecule has 0 aromatic heterocycles. The molecule has 2 atom stereocenters. The second kappa shape index (κ2) is 10.1. The van der Waals surface area contributed by atoms with Crippen LogP contribution >= 0.6 is 12.4 Å². The average molecular weight is 369 g/mol. The zero-order valence-electron chi connectivity index (χ0n) is 14.9. The Bertz CT molecular complexity index is 623. The van der Waals surface area contributed by atoms with Crippen LogP contribution in [0.4, 0.5) is 0 Å². The summed E-state index contributed by atoms with van der Waals surface area (Å²) >= 11 is 0. The molecule has 2 rings (SSSR count). The zero-order valence-corrected chi connectivity index (χ0v) is 15.8. The maximum atomic E-state index is 12.0. The predicted molar refractivity (Wildman–Crippen MR) is 97.9 cm³/mol. The van der Waals surface area contributed by atoms with Crippen molar-refractivity contribution in [2.75, 3.05) is 0 Å². The van der Waals surface area contributed by atoms with Gasteiger partial charge >= 0.3 is 0 Å². The Labute approximate surface area is 154 Å². The largest absolute Gasteiger partial charge is 0.322 e. The Morgan fingerprint density at radius 1 is 0.960 bits per heavy atom. The Morgan fingerprint density at radius 3 is 1.64 bits per heavy atom. The molecule has 1 aliphatic rings. The lowest BCUT2D eigenvalue weighted by Crippen LogP contribution is -2.42. The van der Waals surface area contributed by atoms with Gasteiger partial charge in [0, 0.05) is 12.8 Å². The van der Waals surface area contributed by atoms with E-state index in [9.17, 15) is 19.2 Å². The minimum absolute atomic E-state index is 0. The summed E-state index contributed by atoms with van der Waals surface area (Å²) in [6.45, 7) is 6.82. The van der Waals surface area contributed by atoms with Crippen molar-refractivity contribution in [2.24, 2.45) is 5.73 Å². The topological polar surface area (TPSA) is 97.5 Å². The number of Topliss-reactive ketones (excluding diaryl/α,β-unsaturated/α-hetero) is 2. The summed E-state index contributed by atoms with van der Waals surface area (Å²) in [5.41, 5.74) is 5.96. The van der Waals surface area contributed by atoms with Gasteiger partial charge in [-0.25, -0.2) is 0 Å². The summed E-state index contributed by atoms with van der Waals surface area (Å²) in [7, 11) is 0. The molecule has 1 aromatic carbocycles. The summed E-state index contributed by atoms with van der Waals surface area (Å²) in [6.07, 6.45) is 0.867. The first-order chi connectivity index (χ1) is 11.3. The number of hydrogen-bond acceptors (Lipinski definition) is 5. The molecule has 2 N–H and O–H groups in total. The van der Waals surface area contributed by atoms with Crippen LogP contribution in [0.2, 0.25) is 0 Å². The first-order valence-electron chi connectivity index (χ1n) is 8.04. The Morgan fingerprint density at radius 2 is 1.36 bits per heavy atom. The van der Waals surface area contributed by atoms with E-state index in [4.69, 9.17) is 5.73 Å². The molecule has 1 aliphatic heterocycles. The Balaban J connectivity index is 0.000000620. The SMILES string of the molecule is CCC(=O)C(C)N.CCC(=O)C(C)N1C(=O)c2ccccc2C1=O.Cl. The van der Waals surface area contributed by atoms with Crippen LogP contribution < -0.4 is 5.73 Å². The highest BCUT2D eigenvalue weighted by atomic mass is 35.5. The summed E-state index contributed by atoms with van der Waals surface area (Å²) in [6, 6.07) is 5.68. The molecule has 2 unspecified atom stereocenters. The molecular weight excluding hydrogens is 344 g/mol. The third kappa shape index (κ3) is 5.21. The van der Waals surface area contributed by atoms with E-state index in [-0.39, 0.29) is 41.8 Å². The monoisotopic (exact) mass is 368 g/mol. The lowest BCUT2D eigenvalue weighted by atomic mass is 10.1. The summed E-state index contributed by atoms with van der Waals surface area (Å²) in [5.74, 6) is -0.737. The highest BCUT2D eigenvalue weighted by molar-refractivity contribution is 6.22. The molecule has 0 saturated carbocycles. The van der Waals surface area contributed by atoms with Gasteiger partial charge in [-0.3, -0.25) is 24.1 Å². The van der Waals surface area contributed by atoms with Gasteiger partial charge in [0.05, 0.1) is 23.2 Å². The number of carbonyl (C=O) groups is 4. The molecule has 0 aliphatic carbocycles. The molecule has 138 valence electrons. The van der Waals surface area contributed by atoms with Crippen molar-refractivity contribution in [1.82, 2.24) is 4.90 Å². The van der Waals surface area contributed by atoms with E-state index in [2.05, 4.69) is 0 Å². The van der Waals surface area contributed by atoms with Gasteiger partial charge in [-0.05, 0) is 26.0 Å². The first kappa shape index (κ1) is 22.9. The fourth-order valence-corrected chi connectivity index (χ4v) is 2.32. The van der Waals surface area contributed by atoms with Crippen molar-refractivity contribution in [1.29, 1.82) is 0 Å². The van der Waals surface area contributed by atoms with Gasteiger partial charge in [-0.15, -0.1) is 12.4 Å². The molecule has 7 heteroatoms. The standard InChI is InChI=1S/C13H13NO3.C5H11NO.ClH/c1-3-11(15)8(2)14-12(16)9-6-4-5-7-10(9)13(14)17;1-3-5(7)4(2)6;/h4-8H,3H2,1-2H3;4H,3,6H2,1-2H3;1H. The van der Waals surface area contributed by atoms with Crippen molar-refractivity contribution in [3.8, 4) is 0 Å². The Kier molecular flexibility index (Phi) is 9.23. The number of amides is 2. The molecule has 0 saturated heterocycles. The summed E-state index contributed by atoms with van der Waals surface area (Å²) in [4.78, 5) is 47.1. The number of fused-ring (bicyclic) bond motifs is 1. The molecule has 0 spiro atoms. The van der Waals surface area contributed by atoms with Crippen LogP contribution in [0, 0.1) is 0 Å². The minimum atomic E-state index is -0.688. The maximum Gasteiger partial charge on any atom is 0.262 e. The van der Waals surface area contributed by atoms with Gasteiger partial charge in [0.15, 0.2) is 5.78 Å². The zero-order chi connectivity index (χ0) is 18.4. The van der Waals surface area contributed by atoms with Crippen molar-refractivity contribution in [3.05, 3.63) is 35.4 Å². The van der Waals surface area contributed by atoms with E-state index >= 15 is 0 Å². The summed E-state index contributed by atoms with van der Waals surface area (Å²) in [5, 5.41) is 0. The van der Waals surface area contributed by atoms with Crippen molar-refractivity contribution in [2.45, 2.75) is 52.6 Å². The molecule has 1 aromatic rings. The number of ketones is 2. The number of hydrogen-bond donors (Lipinski definition) is 1. The highest BCUT2D eigenvalue weighted by Gasteiger charge is 2.39. The number of nitrogens with zero attached hydrogens (tertiary/aromatic N) is 1. The molecule has 0 radical (unpaired) electrons. The second-order valence-corrected chi connectivity index (χ2v) is 5.63. The number of carbonyl (C=O) groups excluding carboxylic acids is 4. The quantitative estimate of drug-likeness (QED) is 0.804. The first-order valence-corrected chi connectivity index (χ1v) is 8.04. The van der Waals surface area contributed by atoms with E-state index in [1.165, 1.54) is 0 Å². The Hall–Kier alpha value is -2.05. The van der Waals surface area contributed by atoms with E-state index < -0.39 is 6.04 Å².